The summed E-state index contributed by atoms with van der Waals surface area (Å²) in [6.45, 7) is 0. The van der Waals surface area contributed by atoms with Gasteiger partial charge in [0.15, 0.2) is 12.4 Å². The van der Waals surface area contributed by atoms with Crippen molar-refractivity contribution in [2.75, 3.05) is 0 Å². The number of benzene rings is 1. The summed E-state index contributed by atoms with van der Waals surface area (Å²) in [4.78, 5) is 11.1. The van der Waals surface area contributed by atoms with E-state index in [0.29, 0.717) is 5.56 Å². The number of hydrogen-bond donors (Lipinski definition) is 4. The molecule has 0 spiro atoms. The predicted octanol–water partition coefficient (Wildman–Crippen LogP) is -0.583. The van der Waals surface area contributed by atoms with Gasteiger partial charge in [-0.05, 0) is 17.5 Å². The van der Waals surface area contributed by atoms with Crippen molar-refractivity contribution in [2.24, 2.45) is 0 Å². The van der Waals surface area contributed by atoms with Crippen LogP contribution in [0.2, 0.25) is 0 Å². The van der Waals surface area contributed by atoms with Crippen LogP contribution in [0.5, 0.6) is 0 Å². The van der Waals surface area contributed by atoms with Crippen LogP contribution in [0, 0.1) is 10.2 Å². The van der Waals surface area contributed by atoms with Crippen molar-refractivity contribution < 1.29 is 43.2 Å². The van der Waals surface area contributed by atoms with E-state index in [0.717, 1.165) is 16.3 Å². The zero-order valence-electron chi connectivity index (χ0n) is 11.1. The standard InChI is InChI=1S/C14H9NO2.ClH3O4/c16-14(17)12-6-3-4-10-8-11-5-1-2-7-15(11)9-13(10)12;2-1(3,4)5/h1-9H;2-4H/p+1. The van der Waals surface area contributed by atoms with Crippen LogP contribution in [0.4, 0.5) is 0 Å². The van der Waals surface area contributed by atoms with Crippen LogP contribution in [-0.2, 0) is 0 Å². The zero-order valence-corrected chi connectivity index (χ0v) is 11.9. The second-order valence-electron chi connectivity index (χ2n) is 4.35. The fraction of sp³-hybridized carbons (Fsp3) is 0. The Morgan fingerprint density at radius 2 is 1.77 bits per heavy atom. The first kappa shape index (κ1) is 16.1. The number of fused-ring (bicyclic) bond motifs is 2. The molecule has 0 bridgehead atoms. The summed E-state index contributed by atoms with van der Waals surface area (Å²) in [5.41, 5.74) is 1.38. The molecule has 0 amide bonds. The monoisotopic (exact) mass is 326 g/mol. The van der Waals surface area contributed by atoms with Crippen LogP contribution >= 0.6 is 0 Å². The number of halogens is 1. The summed E-state index contributed by atoms with van der Waals surface area (Å²) in [5, 5.41) is 10.8. The number of nitrogens with zero attached hydrogens (tertiary/aromatic N) is 1. The van der Waals surface area contributed by atoms with Crippen LogP contribution < -0.4 is 9.06 Å². The van der Waals surface area contributed by atoms with Crippen LogP contribution in [0.15, 0.2) is 54.9 Å². The van der Waals surface area contributed by atoms with E-state index in [1.807, 2.05) is 47.1 Å². The molecule has 8 heteroatoms. The Hall–Kier alpha value is -2.29. The third-order valence-electron chi connectivity index (χ3n) is 2.86. The molecule has 7 nitrogen and oxygen atoms in total. The van der Waals surface area contributed by atoms with E-state index < -0.39 is 16.2 Å². The van der Waals surface area contributed by atoms with Gasteiger partial charge >= 0.3 is 34.8 Å². The van der Waals surface area contributed by atoms with Crippen LogP contribution in [0.25, 0.3) is 16.3 Å². The van der Waals surface area contributed by atoms with Crippen molar-refractivity contribution in [3.8, 4) is 0 Å². The van der Waals surface area contributed by atoms with Gasteiger partial charge in [0, 0.05) is 18.2 Å². The molecule has 1 aromatic carbocycles. The minimum atomic E-state index is -4.19. The first-order chi connectivity index (χ1) is 10.3. The summed E-state index contributed by atoms with van der Waals surface area (Å²) in [6, 6.07) is 13.2. The van der Waals surface area contributed by atoms with E-state index in [-0.39, 0.29) is 0 Å². The number of pyridine rings is 2. The fourth-order valence-electron chi connectivity index (χ4n) is 2.05. The van der Waals surface area contributed by atoms with Crippen LogP contribution in [0.3, 0.4) is 0 Å². The Bertz CT molecular complexity index is 824. The molecule has 2 heterocycles. The average molecular weight is 327 g/mol. The Labute approximate surface area is 126 Å². The summed E-state index contributed by atoms with van der Waals surface area (Å²) in [7, 11) is -4.19. The molecule has 116 valence electrons. The maximum absolute atomic E-state index is 11.1. The van der Waals surface area contributed by atoms with Crippen molar-refractivity contribution in [3.63, 3.8) is 0 Å². The van der Waals surface area contributed by atoms with Crippen molar-refractivity contribution >= 4 is 22.3 Å². The Balaban J connectivity index is 0.000000309. The first-order valence-corrected chi connectivity index (χ1v) is 7.30. The first-order valence-electron chi connectivity index (χ1n) is 5.98. The van der Waals surface area contributed by atoms with Crippen molar-refractivity contribution in [1.82, 2.24) is 0 Å². The van der Waals surface area contributed by atoms with E-state index in [1.165, 1.54) is 0 Å². The molecular weight excluding hydrogens is 314 g/mol. The van der Waals surface area contributed by atoms with Crippen molar-refractivity contribution in [3.05, 3.63) is 60.4 Å². The second kappa shape index (κ2) is 6.22. The molecule has 3 rings (SSSR count). The molecule has 0 aliphatic heterocycles. The SMILES string of the molecule is O=C(O)c1cccc2cc3cccc[n+]3cc12.[O-][Cl+](O)(O)O. The summed E-state index contributed by atoms with van der Waals surface area (Å²) < 4.78 is 32.1. The van der Waals surface area contributed by atoms with E-state index in [4.69, 9.17) is 23.7 Å². The minimum absolute atomic E-state index is 0.334. The molecule has 4 N–H and O–H groups in total. The van der Waals surface area contributed by atoms with E-state index >= 15 is 0 Å². The van der Waals surface area contributed by atoms with Gasteiger partial charge in [-0.3, -0.25) is 0 Å². The topological polar surface area (TPSA) is 125 Å². The third-order valence-corrected chi connectivity index (χ3v) is 2.86. The van der Waals surface area contributed by atoms with Gasteiger partial charge < -0.3 is 5.11 Å². The maximum atomic E-state index is 11.1. The molecule has 0 atom stereocenters. The molecule has 0 unspecified atom stereocenters. The Kier molecular flexibility index (Phi) is 4.55. The molecule has 0 radical (unpaired) electrons. The van der Waals surface area contributed by atoms with E-state index in [9.17, 15) is 4.79 Å². The van der Waals surface area contributed by atoms with Crippen LogP contribution in [-0.4, -0.2) is 25.1 Å². The normalized spacial score (nSPS) is 11.8. The fourth-order valence-corrected chi connectivity index (χ4v) is 2.05. The number of carbonyl (C=O) groups is 1. The molecular formula is C14H13ClNO6+. The molecule has 2 aromatic heterocycles. The second-order valence-corrected chi connectivity index (χ2v) is 5.22. The van der Waals surface area contributed by atoms with Gasteiger partial charge in [-0.15, -0.1) is 0 Å². The number of aromatic carboxylic acids is 1. The number of hydrogen-bond acceptors (Lipinski definition) is 5. The number of carboxylic acids is 1. The molecule has 0 aliphatic rings. The molecule has 0 saturated carbocycles. The third kappa shape index (κ3) is 4.10. The van der Waals surface area contributed by atoms with E-state index in [2.05, 4.69) is 0 Å². The Morgan fingerprint density at radius 3 is 2.41 bits per heavy atom. The number of rotatable bonds is 1. The quantitative estimate of drug-likeness (QED) is 0.350. The molecule has 0 fully saturated rings. The molecule has 0 saturated heterocycles. The number of aromatic nitrogens is 1. The number of carboxylic acid groups (broad SMARTS) is 1. The van der Waals surface area contributed by atoms with Gasteiger partial charge in [0.1, 0.15) is 0 Å². The molecule has 0 aliphatic carbocycles. The average Bonchev–Trinajstić information content (AvgIpc) is 2.42. The van der Waals surface area contributed by atoms with Gasteiger partial charge in [0.2, 0.25) is 5.52 Å². The molecule has 3 aromatic rings. The van der Waals surface area contributed by atoms with Crippen LogP contribution in [0.1, 0.15) is 10.4 Å². The van der Waals surface area contributed by atoms with Gasteiger partial charge in [0.05, 0.1) is 10.9 Å². The van der Waals surface area contributed by atoms with Gasteiger partial charge in [0.25, 0.3) is 0 Å². The summed E-state index contributed by atoms with van der Waals surface area (Å²) in [6.07, 6.45) is 3.77. The van der Waals surface area contributed by atoms with Crippen molar-refractivity contribution in [2.45, 2.75) is 0 Å². The summed E-state index contributed by atoms with van der Waals surface area (Å²) in [5.74, 6) is -0.897. The van der Waals surface area contributed by atoms with Crippen molar-refractivity contribution in [1.29, 1.82) is 0 Å². The zero-order chi connectivity index (χ0) is 16.3. The van der Waals surface area contributed by atoms with E-state index in [1.54, 1.807) is 12.1 Å². The molecule has 22 heavy (non-hydrogen) atoms. The summed E-state index contributed by atoms with van der Waals surface area (Å²) >= 11 is 0. The predicted molar refractivity (Wildman–Crippen MR) is 70.7 cm³/mol. The van der Waals surface area contributed by atoms with Gasteiger partial charge in [-0.1, -0.05) is 12.1 Å². The van der Waals surface area contributed by atoms with Gasteiger partial charge in [-0.25, -0.2) is 4.79 Å². The van der Waals surface area contributed by atoms with Gasteiger partial charge in [-0.2, -0.15) is 4.40 Å². The Morgan fingerprint density at radius 1 is 1.09 bits per heavy atom.